The molecule has 0 radical (unpaired) electrons. The number of nitrogens with one attached hydrogen (secondary N) is 1. The van der Waals surface area contributed by atoms with Crippen LogP contribution in [0.1, 0.15) is 5.69 Å². The largest absolute Gasteiger partial charge is 0.383 e. The lowest BCUT2D eigenvalue weighted by Gasteiger charge is -2.23. The van der Waals surface area contributed by atoms with Gasteiger partial charge >= 0.3 is 0 Å². The van der Waals surface area contributed by atoms with Gasteiger partial charge in [0.05, 0.1) is 13.2 Å². The molecule has 0 aliphatic rings. The molecular weight excluding hydrogens is 232 g/mol. The van der Waals surface area contributed by atoms with Gasteiger partial charge in [0.15, 0.2) is 0 Å². The Hall–Kier alpha value is -1.40. The van der Waals surface area contributed by atoms with E-state index in [4.69, 9.17) is 9.47 Å². The molecule has 1 aromatic rings. The molecule has 0 aliphatic heterocycles. The Labute approximate surface area is 108 Å². The molecule has 0 atom stereocenters. The normalized spacial score (nSPS) is 10.4. The Kier molecular flexibility index (Phi) is 6.38. The first-order valence-corrected chi connectivity index (χ1v) is 5.97. The van der Waals surface area contributed by atoms with Crippen LogP contribution in [0.15, 0.2) is 6.07 Å². The van der Waals surface area contributed by atoms with Crippen LogP contribution >= 0.6 is 0 Å². The van der Waals surface area contributed by atoms with E-state index in [0.29, 0.717) is 19.2 Å². The highest BCUT2D eigenvalue weighted by atomic mass is 16.5. The lowest BCUT2D eigenvalue weighted by molar-refractivity contribution is 0.190. The number of ether oxygens (including phenoxy) is 2. The van der Waals surface area contributed by atoms with Crippen molar-refractivity contribution >= 4 is 11.8 Å². The fraction of sp³-hybridized carbons (Fsp3) is 0.667. The van der Waals surface area contributed by atoms with Gasteiger partial charge in [-0.2, -0.15) is 4.98 Å². The highest BCUT2D eigenvalue weighted by molar-refractivity contribution is 5.44. The summed E-state index contributed by atoms with van der Waals surface area (Å²) >= 11 is 0. The molecule has 0 bridgehead atoms. The van der Waals surface area contributed by atoms with Crippen LogP contribution in [0.5, 0.6) is 0 Å². The molecule has 0 fully saturated rings. The Morgan fingerprint density at radius 2 is 1.78 bits per heavy atom. The molecule has 0 saturated heterocycles. The number of hydrogen-bond donors (Lipinski definition) is 1. The molecule has 0 unspecified atom stereocenters. The summed E-state index contributed by atoms with van der Waals surface area (Å²) in [7, 11) is 5.20. The average molecular weight is 254 g/mol. The quantitative estimate of drug-likeness (QED) is 0.744. The molecule has 0 saturated carbocycles. The van der Waals surface area contributed by atoms with Crippen molar-refractivity contribution in [2.75, 3.05) is 57.8 Å². The molecule has 18 heavy (non-hydrogen) atoms. The van der Waals surface area contributed by atoms with Crippen LogP contribution in [0, 0.1) is 6.92 Å². The van der Waals surface area contributed by atoms with Gasteiger partial charge in [0.25, 0.3) is 0 Å². The summed E-state index contributed by atoms with van der Waals surface area (Å²) in [6, 6.07) is 1.96. The molecule has 1 rings (SSSR count). The molecule has 1 aromatic heterocycles. The average Bonchev–Trinajstić information content (AvgIpc) is 2.38. The summed E-state index contributed by atoms with van der Waals surface area (Å²) < 4.78 is 10.2. The summed E-state index contributed by atoms with van der Waals surface area (Å²) in [4.78, 5) is 10.9. The third-order valence-electron chi connectivity index (χ3n) is 2.52. The second kappa shape index (κ2) is 7.84. The summed E-state index contributed by atoms with van der Waals surface area (Å²) in [6.07, 6.45) is 0. The number of aromatic nitrogens is 2. The zero-order valence-electron chi connectivity index (χ0n) is 11.6. The van der Waals surface area contributed by atoms with Crippen LogP contribution in [0.4, 0.5) is 11.8 Å². The van der Waals surface area contributed by atoms with Crippen molar-refractivity contribution in [2.45, 2.75) is 6.92 Å². The smallest absolute Gasteiger partial charge is 0.224 e. The molecule has 0 aromatic carbocycles. The first kappa shape index (κ1) is 14.7. The van der Waals surface area contributed by atoms with E-state index in [1.165, 1.54) is 0 Å². The molecule has 102 valence electrons. The van der Waals surface area contributed by atoms with Crippen LogP contribution < -0.4 is 10.2 Å². The second-order valence-electron chi connectivity index (χ2n) is 3.91. The maximum Gasteiger partial charge on any atom is 0.224 e. The van der Waals surface area contributed by atoms with Gasteiger partial charge in [0, 0.05) is 46.1 Å². The predicted octanol–water partition coefficient (Wildman–Crippen LogP) is 0.926. The minimum Gasteiger partial charge on any atom is -0.383 e. The highest BCUT2D eigenvalue weighted by Gasteiger charge is 2.10. The molecular formula is C12H22N4O2. The van der Waals surface area contributed by atoms with Gasteiger partial charge in [-0.3, -0.25) is 0 Å². The first-order valence-electron chi connectivity index (χ1n) is 5.97. The van der Waals surface area contributed by atoms with E-state index in [9.17, 15) is 0 Å². The Morgan fingerprint density at radius 3 is 2.28 bits per heavy atom. The minimum atomic E-state index is 0.629. The van der Waals surface area contributed by atoms with Gasteiger partial charge in [-0.25, -0.2) is 4.98 Å². The van der Waals surface area contributed by atoms with Gasteiger partial charge in [-0.05, 0) is 6.92 Å². The van der Waals surface area contributed by atoms with Crippen molar-refractivity contribution in [1.82, 2.24) is 9.97 Å². The summed E-state index contributed by atoms with van der Waals surface area (Å²) in [6.45, 7) is 4.82. The molecule has 6 nitrogen and oxygen atoms in total. The van der Waals surface area contributed by atoms with Gasteiger partial charge in [-0.1, -0.05) is 0 Å². The maximum atomic E-state index is 5.12. The molecule has 1 N–H and O–H groups in total. The van der Waals surface area contributed by atoms with Gasteiger partial charge in [0.2, 0.25) is 5.95 Å². The number of rotatable bonds is 8. The van der Waals surface area contributed by atoms with Crippen LogP contribution in [-0.2, 0) is 9.47 Å². The Balaban J connectivity index is 2.84. The molecule has 0 aliphatic carbocycles. The summed E-state index contributed by atoms with van der Waals surface area (Å²) in [5.74, 6) is 1.52. The fourth-order valence-corrected chi connectivity index (χ4v) is 1.57. The second-order valence-corrected chi connectivity index (χ2v) is 3.91. The monoisotopic (exact) mass is 254 g/mol. The van der Waals surface area contributed by atoms with E-state index in [0.717, 1.165) is 24.6 Å². The van der Waals surface area contributed by atoms with Crippen molar-refractivity contribution in [3.05, 3.63) is 11.8 Å². The Bertz CT molecular complexity index is 352. The number of aryl methyl sites for hydroxylation is 1. The van der Waals surface area contributed by atoms with Crippen LogP contribution in [0.2, 0.25) is 0 Å². The van der Waals surface area contributed by atoms with E-state index in [2.05, 4.69) is 20.2 Å². The summed E-state index contributed by atoms with van der Waals surface area (Å²) in [5, 5.41) is 2.96. The van der Waals surface area contributed by atoms with E-state index in [1.54, 1.807) is 14.2 Å². The number of methoxy groups -OCH3 is 2. The van der Waals surface area contributed by atoms with Gasteiger partial charge in [0.1, 0.15) is 5.82 Å². The predicted molar refractivity (Wildman–Crippen MR) is 72.3 cm³/mol. The topological polar surface area (TPSA) is 59.5 Å². The van der Waals surface area contributed by atoms with Crippen LogP contribution in [0.3, 0.4) is 0 Å². The van der Waals surface area contributed by atoms with Crippen LogP contribution in [0.25, 0.3) is 0 Å². The highest BCUT2D eigenvalue weighted by Crippen LogP contribution is 2.14. The van der Waals surface area contributed by atoms with E-state index in [-0.39, 0.29) is 0 Å². The van der Waals surface area contributed by atoms with E-state index >= 15 is 0 Å². The standard InChI is InChI=1S/C12H22N4O2/c1-10-9-11(15-12(13-2)14-10)16(5-7-17-3)6-8-18-4/h9H,5-8H2,1-4H3,(H,13,14,15). The number of nitrogens with zero attached hydrogens (tertiary/aromatic N) is 3. The van der Waals surface area contributed by atoms with E-state index < -0.39 is 0 Å². The van der Waals surface area contributed by atoms with Crippen molar-refractivity contribution in [3.63, 3.8) is 0 Å². The van der Waals surface area contributed by atoms with Crippen molar-refractivity contribution < 1.29 is 9.47 Å². The van der Waals surface area contributed by atoms with Crippen molar-refractivity contribution in [1.29, 1.82) is 0 Å². The van der Waals surface area contributed by atoms with Crippen molar-refractivity contribution in [2.24, 2.45) is 0 Å². The Morgan fingerprint density at radius 1 is 1.17 bits per heavy atom. The van der Waals surface area contributed by atoms with Crippen LogP contribution in [-0.4, -0.2) is 57.5 Å². The number of anilines is 2. The molecule has 0 spiro atoms. The summed E-state index contributed by atoms with van der Waals surface area (Å²) in [5.41, 5.74) is 0.934. The fourth-order valence-electron chi connectivity index (χ4n) is 1.57. The van der Waals surface area contributed by atoms with E-state index in [1.807, 2.05) is 20.0 Å². The maximum absolute atomic E-state index is 5.12. The lowest BCUT2D eigenvalue weighted by atomic mass is 10.3. The third-order valence-corrected chi connectivity index (χ3v) is 2.52. The zero-order chi connectivity index (χ0) is 13.4. The van der Waals surface area contributed by atoms with Gasteiger partial charge < -0.3 is 19.7 Å². The molecule has 0 amide bonds. The van der Waals surface area contributed by atoms with Crippen molar-refractivity contribution in [3.8, 4) is 0 Å². The molecule has 1 heterocycles. The first-order chi connectivity index (χ1) is 8.71. The SMILES string of the molecule is CNc1nc(C)cc(N(CCOC)CCOC)n1. The molecule has 6 heteroatoms. The lowest BCUT2D eigenvalue weighted by Crippen LogP contribution is -2.31. The number of hydrogen-bond acceptors (Lipinski definition) is 6. The zero-order valence-corrected chi connectivity index (χ0v) is 11.6. The third kappa shape index (κ3) is 4.46. The minimum absolute atomic E-state index is 0.629. The van der Waals surface area contributed by atoms with Gasteiger partial charge in [-0.15, -0.1) is 0 Å².